The lowest BCUT2D eigenvalue weighted by Gasteiger charge is -2.06. The van der Waals surface area contributed by atoms with Crippen LogP contribution in [0.4, 0.5) is 13.2 Å². The van der Waals surface area contributed by atoms with Gasteiger partial charge < -0.3 is 14.7 Å². The number of oxime groups is 1. The second kappa shape index (κ2) is 9.21. The van der Waals surface area contributed by atoms with Crippen LogP contribution in [-0.2, 0) is 17.6 Å². The van der Waals surface area contributed by atoms with E-state index in [0.29, 0.717) is 17.9 Å². The lowest BCUT2D eigenvalue weighted by molar-refractivity contribution is -0.159. The van der Waals surface area contributed by atoms with Crippen LogP contribution >= 0.6 is 0 Å². The molecule has 0 spiro atoms. The Hall–Kier alpha value is -3.69. The third-order valence-corrected chi connectivity index (χ3v) is 3.87. The fourth-order valence-electron chi connectivity index (χ4n) is 2.36. The average molecular weight is 418 g/mol. The van der Waals surface area contributed by atoms with E-state index in [1.165, 1.54) is 24.3 Å². The average Bonchev–Trinajstić information content (AvgIpc) is 3.24. The zero-order chi connectivity index (χ0) is 21.6. The summed E-state index contributed by atoms with van der Waals surface area (Å²) in [7, 11) is 0. The van der Waals surface area contributed by atoms with E-state index in [9.17, 15) is 18.0 Å². The van der Waals surface area contributed by atoms with Crippen molar-refractivity contribution in [2.75, 3.05) is 6.54 Å². The monoisotopic (exact) mass is 418 g/mol. The summed E-state index contributed by atoms with van der Waals surface area (Å²) in [5.41, 5.74) is 2.15. The molecular formula is C20H17F3N4O3. The number of carbonyl (C=O) groups is 1. The Morgan fingerprint density at radius 3 is 2.47 bits per heavy atom. The van der Waals surface area contributed by atoms with Crippen LogP contribution in [0.25, 0.3) is 11.4 Å². The summed E-state index contributed by atoms with van der Waals surface area (Å²) in [5.74, 6) is -2.01. The van der Waals surface area contributed by atoms with Crippen molar-refractivity contribution in [3.63, 3.8) is 0 Å². The van der Waals surface area contributed by atoms with Crippen molar-refractivity contribution < 1.29 is 27.3 Å². The summed E-state index contributed by atoms with van der Waals surface area (Å²) < 4.78 is 41.8. The molecule has 30 heavy (non-hydrogen) atoms. The molecule has 156 valence electrons. The molecule has 0 aliphatic rings. The van der Waals surface area contributed by atoms with E-state index in [1.54, 1.807) is 6.92 Å². The minimum Gasteiger partial charge on any atom is -0.391 e. The van der Waals surface area contributed by atoms with Crippen LogP contribution < -0.4 is 5.32 Å². The molecule has 0 atom stereocenters. The largest absolute Gasteiger partial charge is 0.471 e. The van der Waals surface area contributed by atoms with Crippen LogP contribution in [-0.4, -0.2) is 28.3 Å². The number of carbonyl (C=O) groups excluding carboxylic acids is 1. The molecule has 0 unspecified atom stereocenters. The van der Waals surface area contributed by atoms with E-state index in [0.717, 1.165) is 5.56 Å². The van der Waals surface area contributed by atoms with Crippen LogP contribution in [0.1, 0.15) is 28.7 Å². The van der Waals surface area contributed by atoms with Gasteiger partial charge in [0.25, 0.3) is 5.91 Å². The van der Waals surface area contributed by atoms with Crippen LogP contribution in [0, 0.1) is 0 Å². The zero-order valence-electron chi connectivity index (χ0n) is 15.8. The fourth-order valence-corrected chi connectivity index (χ4v) is 2.36. The molecule has 0 saturated heterocycles. The Morgan fingerprint density at radius 2 is 1.83 bits per heavy atom. The highest BCUT2D eigenvalue weighted by atomic mass is 19.4. The van der Waals surface area contributed by atoms with Crippen molar-refractivity contribution in [3.05, 3.63) is 71.6 Å². The molecule has 0 aliphatic heterocycles. The Bertz CT molecular complexity index is 1020. The van der Waals surface area contributed by atoms with E-state index in [1.807, 2.05) is 30.3 Å². The molecule has 2 aromatic carbocycles. The maximum Gasteiger partial charge on any atom is 0.471 e. The number of aromatic nitrogens is 2. The van der Waals surface area contributed by atoms with Crippen molar-refractivity contribution >= 4 is 11.6 Å². The Balaban J connectivity index is 1.52. The van der Waals surface area contributed by atoms with Crippen LogP contribution in [0.5, 0.6) is 0 Å². The number of hydrogen-bond acceptors (Lipinski definition) is 6. The van der Waals surface area contributed by atoms with Gasteiger partial charge in [0.1, 0.15) is 6.61 Å². The van der Waals surface area contributed by atoms with Gasteiger partial charge in [0.05, 0.1) is 12.3 Å². The summed E-state index contributed by atoms with van der Waals surface area (Å²) in [6.07, 6.45) is -4.71. The number of halogens is 3. The maximum absolute atomic E-state index is 12.5. The molecule has 0 radical (unpaired) electrons. The molecule has 1 N–H and O–H groups in total. The standard InChI is InChI=1S/C20H17F3N4O3/c1-13(26-29-12-14-5-3-2-4-6-14)11-24-18(28)16-9-7-15(8-10-16)17-25-19(30-27-17)20(21,22)23/h2-10H,11-12H2,1H3,(H,24,28). The molecular weight excluding hydrogens is 401 g/mol. The summed E-state index contributed by atoms with van der Waals surface area (Å²) in [6, 6.07) is 15.3. The minimum atomic E-state index is -4.71. The second-order valence-electron chi connectivity index (χ2n) is 6.27. The third-order valence-electron chi connectivity index (χ3n) is 3.87. The second-order valence-corrected chi connectivity index (χ2v) is 6.27. The molecule has 3 aromatic rings. The van der Waals surface area contributed by atoms with Gasteiger partial charge in [-0.05, 0) is 24.6 Å². The molecule has 1 aromatic heterocycles. The first-order valence-corrected chi connectivity index (χ1v) is 8.82. The molecule has 1 heterocycles. The van der Waals surface area contributed by atoms with Crippen molar-refractivity contribution in [3.8, 4) is 11.4 Å². The molecule has 0 saturated carbocycles. The van der Waals surface area contributed by atoms with Gasteiger partial charge in [-0.3, -0.25) is 4.79 Å². The molecule has 1 amide bonds. The quantitative estimate of drug-likeness (QED) is 0.461. The van der Waals surface area contributed by atoms with Crippen LogP contribution in [0.2, 0.25) is 0 Å². The number of amides is 1. The predicted octanol–water partition coefficient (Wildman–Crippen LogP) is 4.08. The number of alkyl halides is 3. The highest BCUT2D eigenvalue weighted by Crippen LogP contribution is 2.29. The number of rotatable bonds is 7. The van der Waals surface area contributed by atoms with E-state index in [2.05, 4.69) is 25.1 Å². The van der Waals surface area contributed by atoms with Gasteiger partial charge in [0.15, 0.2) is 0 Å². The van der Waals surface area contributed by atoms with Crippen LogP contribution in [0.15, 0.2) is 64.3 Å². The molecule has 7 nitrogen and oxygen atoms in total. The van der Waals surface area contributed by atoms with Gasteiger partial charge in [0, 0.05) is 11.1 Å². The van der Waals surface area contributed by atoms with Crippen molar-refractivity contribution in [2.45, 2.75) is 19.7 Å². The first kappa shape index (κ1) is 21.0. The SMILES string of the molecule is CC(CNC(=O)c1ccc(-c2noc(C(F)(F)F)n2)cc1)=NOCc1ccccc1. The van der Waals surface area contributed by atoms with Gasteiger partial charge in [-0.2, -0.15) is 18.2 Å². The van der Waals surface area contributed by atoms with Gasteiger partial charge >= 0.3 is 12.1 Å². The number of benzene rings is 2. The Labute approximate surface area is 169 Å². The van der Waals surface area contributed by atoms with Crippen molar-refractivity contribution in [2.24, 2.45) is 5.16 Å². The van der Waals surface area contributed by atoms with Gasteiger partial charge in [0.2, 0.25) is 5.82 Å². The summed E-state index contributed by atoms with van der Waals surface area (Å²) in [6.45, 7) is 2.21. The molecule has 10 heteroatoms. The van der Waals surface area contributed by atoms with E-state index >= 15 is 0 Å². The van der Waals surface area contributed by atoms with E-state index in [-0.39, 0.29) is 23.8 Å². The maximum atomic E-state index is 12.5. The molecule has 0 bridgehead atoms. The van der Waals surface area contributed by atoms with Gasteiger partial charge in [-0.15, -0.1) is 0 Å². The topological polar surface area (TPSA) is 89.6 Å². The van der Waals surface area contributed by atoms with Gasteiger partial charge in [-0.25, -0.2) is 0 Å². The molecule has 0 fully saturated rings. The van der Waals surface area contributed by atoms with Gasteiger partial charge in [-0.1, -0.05) is 52.8 Å². The number of nitrogens with one attached hydrogen (secondary N) is 1. The zero-order valence-corrected chi connectivity index (χ0v) is 15.8. The fraction of sp³-hybridized carbons (Fsp3) is 0.200. The molecule has 3 rings (SSSR count). The first-order chi connectivity index (χ1) is 14.3. The number of hydrogen-bond donors (Lipinski definition) is 1. The van der Waals surface area contributed by atoms with E-state index in [4.69, 9.17) is 4.84 Å². The van der Waals surface area contributed by atoms with Crippen molar-refractivity contribution in [1.29, 1.82) is 0 Å². The number of nitrogens with zero attached hydrogens (tertiary/aromatic N) is 3. The Morgan fingerprint density at radius 1 is 1.13 bits per heavy atom. The lowest BCUT2D eigenvalue weighted by atomic mass is 10.1. The summed E-state index contributed by atoms with van der Waals surface area (Å²) >= 11 is 0. The molecule has 0 aliphatic carbocycles. The third kappa shape index (κ3) is 5.66. The smallest absolute Gasteiger partial charge is 0.391 e. The summed E-state index contributed by atoms with van der Waals surface area (Å²) in [4.78, 5) is 20.8. The first-order valence-electron chi connectivity index (χ1n) is 8.82. The summed E-state index contributed by atoms with van der Waals surface area (Å²) in [5, 5.41) is 9.93. The Kier molecular flexibility index (Phi) is 6.45. The van der Waals surface area contributed by atoms with E-state index < -0.39 is 12.1 Å². The lowest BCUT2D eigenvalue weighted by Crippen LogP contribution is -2.28. The van der Waals surface area contributed by atoms with Crippen molar-refractivity contribution in [1.82, 2.24) is 15.5 Å². The predicted molar refractivity (Wildman–Crippen MR) is 101 cm³/mol. The highest BCUT2D eigenvalue weighted by molar-refractivity contribution is 5.97. The normalized spacial score (nSPS) is 11.9. The van der Waals surface area contributed by atoms with Crippen LogP contribution in [0.3, 0.4) is 0 Å². The minimum absolute atomic E-state index is 0.176. The highest BCUT2D eigenvalue weighted by Gasteiger charge is 2.38.